The molecule has 4 heteroatoms. The first-order valence-electron chi connectivity index (χ1n) is 5.70. The van der Waals surface area contributed by atoms with E-state index in [0.29, 0.717) is 18.5 Å². The zero-order chi connectivity index (χ0) is 13.1. The summed E-state index contributed by atoms with van der Waals surface area (Å²) in [7, 11) is 1.65. The average Bonchev–Trinajstić information content (AvgIpc) is 2.25. The van der Waals surface area contributed by atoms with Gasteiger partial charge in [0.2, 0.25) is 0 Å². The summed E-state index contributed by atoms with van der Waals surface area (Å²) in [5.41, 5.74) is 1.86. The highest BCUT2D eigenvalue weighted by Crippen LogP contribution is 2.21. The van der Waals surface area contributed by atoms with Crippen molar-refractivity contribution >= 4 is 15.9 Å². The Kier molecular flexibility index (Phi) is 4.95. The number of nitrogens with zero attached hydrogens (tertiary/aromatic N) is 1. The molecular weight excluding hydrogens is 282 g/mol. The van der Waals surface area contributed by atoms with Crippen molar-refractivity contribution in [3.8, 4) is 0 Å². The van der Waals surface area contributed by atoms with Gasteiger partial charge in [-0.2, -0.15) is 0 Å². The van der Waals surface area contributed by atoms with Crippen LogP contribution in [0, 0.1) is 0 Å². The van der Waals surface area contributed by atoms with Crippen LogP contribution in [0.25, 0.3) is 0 Å². The summed E-state index contributed by atoms with van der Waals surface area (Å²) in [4.78, 5) is 12.3. The molecule has 0 N–H and O–H groups in total. The molecule has 0 spiro atoms. The van der Waals surface area contributed by atoms with Crippen LogP contribution in [0.15, 0.2) is 16.9 Å². The Balaban J connectivity index is 3.31. The van der Waals surface area contributed by atoms with Crippen molar-refractivity contribution in [2.75, 3.05) is 13.7 Å². The average molecular weight is 302 g/mol. The summed E-state index contributed by atoms with van der Waals surface area (Å²) in [5.74, 6) is 0. The Bertz CT molecular complexity index is 432. The third-order valence-corrected chi connectivity index (χ3v) is 3.29. The molecular formula is C13H20BrNO2. The van der Waals surface area contributed by atoms with Gasteiger partial charge in [0.25, 0.3) is 5.56 Å². The minimum absolute atomic E-state index is 0.0439. The first-order valence-corrected chi connectivity index (χ1v) is 6.82. The molecule has 96 valence electrons. The Morgan fingerprint density at radius 2 is 2.00 bits per heavy atom. The smallest absolute Gasteiger partial charge is 0.254 e. The summed E-state index contributed by atoms with van der Waals surface area (Å²) >= 11 is 3.34. The highest BCUT2D eigenvalue weighted by molar-refractivity contribution is 9.08. The molecule has 0 unspecified atom stereocenters. The highest BCUT2D eigenvalue weighted by atomic mass is 79.9. The van der Waals surface area contributed by atoms with Crippen LogP contribution >= 0.6 is 15.9 Å². The van der Waals surface area contributed by atoms with E-state index in [0.717, 1.165) is 11.3 Å². The second-order valence-electron chi connectivity index (χ2n) is 5.08. The van der Waals surface area contributed by atoms with Gasteiger partial charge in [-0.1, -0.05) is 42.8 Å². The van der Waals surface area contributed by atoms with E-state index in [1.165, 1.54) is 0 Å². The van der Waals surface area contributed by atoms with E-state index in [-0.39, 0.29) is 11.0 Å². The van der Waals surface area contributed by atoms with E-state index in [2.05, 4.69) is 36.7 Å². The van der Waals surface area contributed by atoms with E-state index >= 15 is 0 Å². The van der Waals surface area contributed by atoms with Crippen molar-refractivity contribution in [3.63, 3.8) is 0 Å². The zero-order valence-corrected chi connectivity index (χ0v) is 12.5. The summed E-state index contributed by atoms with van der Waals surface area (Å²) in [5, 5.41) is 0.587. The molecule has 0 aliphatic heterocycles. The number of halogens is 1. The maximum Gasteiger partial charge on any atom is 0.254 e. The number of rotatable bonds is 4. The number of hydrogen-bond acceptors (Lipinski definition) is 2. The molecule has 0 aromatic carbocycles. The monoisotopic (exact) mass is 301 g/mol. The van der Waals surface area contributed by atoms with E-state index < -0.39 is 0 Å². The van der Waals surface area contributed by atoms with Crippen LogP contribution in [-0.4, -0.2) is 18.3 Å². The van der Waals surface area contributed by atoms with E-state index in [4.69, 9.17) is 4.74 Å². The molecule has 0 radical (unpaired) electrons. The lowest BCUT2D eigenvalue weighted by Crippen LogP contribution is -2.32. The van der Waals surface area contributed by atoms with Gasteiger partial charge in [0.05, 0.1) is 6.61 Å². The quantitative estimate of drug-likeness (QED) is 0.801. The van der Waals surface area contributed by atoms with Gasteiger partial charge in [-0.05, 0) is 6.07 Å². The van der Waals surface area contributed by atoms with E-state index in [9.17, 15) is 4.79 Å². The third-order valence-electron chi connectivity index (χ3n) is 2.68. The molecule has 3 nitrogen and oxygen atoms in total. The first-order chi connectivity index (χ1) is 7.91. The molecule has 0 fully saturated rings. The van der Waals surface area contributed by atoms with Gasteiger partial charge >= 0.3 is 0 Å². The largest absolute Gasteiger partial charge is 0.383 e. The van der Waals surface area contributed by atoms with Crippen LogP contribution in [0.3, 0.4) is 0 Å². The predicted octanol–water partition coefficient (Wildman–Crippen LogP) is 2.69. The fraction of sp³-hybridized carbons (Fsp3) is 0.615. The molecule has 0 atom stereocenters. The summed E-state index contributed by atoms with van der Waals surface area (Å²) < 4.78 is 6.89. The SMILES string of the molecule is COCCn1c(C(C)(C)C)ccc(CBr)c1=O. The molecule has 1 heterocycles. The van der Waals surface area contributed by atoms with Crippen molar-refractivity contribution in [3.05, 3.63) is 33.7 Å². The maximum atomic E-state index is 12.3. The predicted molar refractivity (Wildman–Crippen MR) is 73.9 cm³/mol. The van der Waals surface area contributed by atoms with Crippen molar-refractivity contribution in [1.82, 2.24) is 4.57 Å². The molecule has 1 rings (SSSR count). The lowest BCUT2D eigenvalue weighted by Gasteiger charge is -2.24. The van der Waals surface area contributed by atoms with Crippen LogP contribution in [-0.2, 0) is 22.0 Å². The van der Waals surface area contributed by atoms with Gasteiger partial charge in [0, 0.05) is 35.7 Å². The molecule has 0 aliphatic carbocycles. The Morgan fingerprint density at radius 3 is 2.47 bits per heavy atom. The summed E-state index contributed by atoms with van der Waals surface area (Å²) in [6, 6.07) is 3.94. The standard InChI is InChI=1S/C13H20BrNO2/c1-13(2,3)11-6-5-10(9-14)12(16)15(11)7-8-17-4/h5-6H,7-9H2,1-4H3. The number of aromatic nitrogens is 1. The fourth-order valence-corrected chi connectivity index (χ4v) is 2.21. The van der Waals surface area contributed by atoms with E-state index in [1.54, 1.807) is 7.11 Å². The highest BCUT2D eigenvalue weighted by Gasteiger charge is 2.19. The molecule has 1 aromatic heterocycles. The fourth-order valence-electron chi connectivity index (χ4n) is 1.78. The Hall–Kier alpha value is -0.610. The minimum Gasteiger partial charge on any atom is -0.383 e. The molecule has 1 aromatic rings. The van der Waals surface area contributed by atoms with Gasteiger partial charge in [0.15, 0.2) is 0 Å². The number of alkyl halides is 1. The van der Waals surface area contributed by atoms with Crippen LogP contribution in [0.1, 0.15) is 32.0 Å². The van der Waals surface area contributed by atoms with Crippen LogP contribution in [0.5, 0.6) is 0 Å². The van der Waals surface area contributed by atoms with Gasteiger partial charge in [0.1, 0.15) is 0 Å². The van der Waals surface area contributed by atoms with Crippen molar-refractivity contribution in [2.45, 2.75) is 38.1 Å². The minimum atomic E-state index is -0.0439. The number of pyridine rings is 1. The van der Waals surface area contributed by atoms with Crippen molar-refractivity contribution in [1.29, 1.82) is 0 Å². The lowest BCUT2D eigenvalue weighted by atomic mass is 9.91. The Labute approximate surface area is 111 Å². The van der Waals surface area contributed by atoms with Crippen LogP contribution in [0.4, 0.5) is 0 Å². The first kappa shape index (κ1) is 14.5. The lowest BCUT2D eigenvalue weighted by molar-refractivity contribution is 0.184. The van der Waals surface area contributed by atoms with E-state index in [1.807, 2.05) is 16.7 Å². The van der Waals surface area contributed by atoms with Crippen LogP contribution in [0.2, 0.25) is 0 Å². The summed E-state index contributed by atoms with van der Waals surface area (Å²) in [6.07, 6.45) is 0. The van der Waals surface area contributed by atoms with Crippen molar-refractivity contribution < 1.29 is 4.74 Å². The number of hydrogen-bond donors (Lipinski definition) is 0. The molecule has 0 aliphatic rings. The van der Waals surface area contributed by atoms with Crippen LogP contribution < -0.4 is 5.56 Å². The van der Waals surface area contributed by atoms with Crippen molar-refractivity contribution in [2.24, 2.45) is 0 Å². The Morgan fingerprint density at radius 1 is 1.35 bits per heavy atom. The number of methoxy groups -OCH3 is 1. The molecule has 17 heavy (non-hydrogen) atoms. The van der Waals surface area contributed by atoms with Gasteiger partial charge in [-0.15, -0.1) is 0 Å². The molecule has 0 saturated carbocycles. The molecule has 0 amide bonds. The maximum absolute atomic E-state index is 12.3. The summed E-state index contributed by atoms with van der Waals surface area (Å²) in [6.45, 7) is 7.48. The van der Waals surface area contributed by atoms with Gasteiger partial charge in [-0.3, -0.25) is 4.79 Å². The second kappa shape index (κ2) is 5.83. The molecule has 0 bridgehead atoms. The zero-order valence-electron chi connectivity index (χ0n) is 10.9. The van der Waals surface area contributed by atoms with Gasteiger partial charge < -0.3 is 9.30 Å². The number of ether oxygens (including phenoxy) is 1. The topological polar surface area (TPSA) is 31.2 Å². The second-order valence-corrected chi connectivity index (χ2v) is 5.64. The molecule has 0 saturated heterocycles. The third kappa shape index (κ3) is 3.42. The normalized spacial score (nSPS) is 11.8. The van der Waals surface area contributed by atoms with Gasteiger partial charge in [-0.25, -0.2) is 0 Å².